The highest BCUT2D eigenvalue weighted by Crippen LogP contribution is 2.35. The monoisotopic (exact) mass is 298 g/mol. The number of carbonyl (C=O) groups is 1. The van der Waals surface area contributed by atoms with Crippen molar-refractivity contribution >= 4 is 17.0 Å². The Balaban J connectivity index is 1.61. The smallest absolute Gasteiger partial charge is 0.242 e. The van der Waals surface area contributed by atoms with Crippen LogP contribution in [0.5, 0.6) is 0 Å². The van der Waals surface area contributed by atoms with Crippen LogP contribution in [0.25, 0.3) is 0 Å². The van der Waals surface area contributed by atoms with Crippen molar-refractivity contribution in [1.82, 2.24) is 0 Å². The van der Waals surface area contributed by atoms with E-state index in [0.29, 0.717) is 24.2 Å². The highest BCUT2D eigenvalue weighted by molar-refractivity contribution is 7.92. The molecule has 2 fully saturated rings. The van der Waals surface area contributed by atoms with Crippen LogP contribution in [-0.2, 0) is 30.2 Å². The zero-order valence-corrected chi connectivity index (χ0v) is 12.1. The number of allylic oxidation sites excluding steroid dienone is 3. The SMILES string of the molecule is CO[C@@H]1C[C@H](OCC2=CC=CCC2=O)[C@H]2C[S+]([O-])C1O2. The Labute approximate surface area is 121 Å². The van der Waals surface area contributed by atoms with Crippen molar-refractivity contribution in [2.45, 2.75) is 36.6 Å². The largest absolute Gasteiger partial charge is 0.614 e. The number of Topliss-reactive ketones (excluding diaryl/α,β-unsaturated/α-hetero) is 1. The number of rotatable bonds is 4. The minimum absolute atomic E-state index is 0.0976. The Kier molecular flexibility index (Phi) is 4.28. The van der Waals surface area contributed by atoms with Crippen LogP contribution in [0.2, 0.25) is 0 Å². The van der Waals surface area contributed by atoms with E-state index in [2.05, 4.69) is 0 Å². The minimum atomic E-state index is -1.01. The van der Waals surface area contributed by atoms with E-state index < -0.39 is 11.2 Å². The maximum atomic E-state index is 11.9. The average molecular weight is 298 g/mol. The van der Waals surface area contributed by atoms with Crippen molar-refractivity contribution < 1.29 is 23.6 Å². The van der Waals surface area contributed by atoms with E-state index in [1.165, 1.54) is 0 Å². The van der Waals surface area contributed by atoms with Crippen LogP contribution >= 0.6 is 0 Å². The number of hydrogen-bond donors (Lipinski definition) is 0. The summed E-state index contributed by atoms with van der Waals surface area (Å²) in [7, 11) is 1.60. The first-order valence-corrected chi connectivity index (χ1v) is 8.13. The van der Waals surface area contributed by atoms with Crippen molar-refractivity contribution in [2.24, 2.45) is 0 Å². The van der Waals surface area contributed by atoms with Gasteiger partial charge in [-0.05, 0) is 11.2 Å². The summed E-state index contributed by atoms with van der Waals surface area (Å²) < 4.78 is 28.8. The van der Waals surface area contributed by atoms with E-state index in [1.807, 2.05) is 12.2 Å². The van der Waals surface area contributed by atoms with Gasteiger partial charge in [-0.15, -0.1) is 0 Å². The molecule has 0 aromatic heterocycles. The Morgan fingerprint density at radius 2 is 2.35 bits per heavy atom. The highest BCUT2D eigenvalue weighted by atomic mass is 32.2. The zero-order valence-electron chi connectivity index (χ0n) is 11.3. The van der Waals surface area contributed by atoms with Gasteiger partial charge in [-0.25, -0.2) is 0 Å². The highest BCUT2D eigenvalue weighted by Gasteiger charge is 2.52. The fourth-order valence-electron chi connectivity index (χ4n) is 2.77. The topological polar surface area (TPSA) is 67.8 Å². The van der Waals surface area contributed by atoms with Gasteiger partial charge >= 0.3 is 0 Å². The Morgan fingerprint density at radius 1 is 1.50 bits per heavy atom. The third-order valence-corrected chi connectivity index (χ3v) is 5.52. The zero-order chi connectivity index (χ0) is 14.1. The standard InChI is InChI=1S/C14H18O5S/c1-17-12-6-11(13-8-20(16)14(12)19-13)18-7-9-4-2-3-5-10(9)15/h2-4,11-14H,5-8H2,1H3/t11-,12+,13+,14?,20?/m0/s1. The fourth-order valence-corrected chi connectivity index (χ4v) is 4.40. The molecule has 20 heavy (non-hydrogen) atoms. The predicted octanol–water partition coefficient (Wildman–Crippen LogP) is 0.719. The average Bonchev–Trinajstić information content (AvgIpc) is 2.78. The summed E-state index contributed by atoms with van der Waals surface area (Å²) >= 11 is -1.01. The summed E-state index contributed by atoms with van der Waals surface area (Å²) in [6, 6.07) is 0. The predicted molar refractivity (Wildman–Crippen MR) is 73.7 cm³/mol. The van der Waals surface area contributed by atoms with E-state index in [-0.39, 0.29) is 36.1 Å². The minimum Gasteiger partial charge on any atom is -0.614 e. The summed E-state index contributed by atoms with van der Waals surface area (Å²) in [6.45, 7) is 0.279. The molecule has 0 amide bonds. The van der Waals surface area contributed by atoms with E-state index in [0.717, 1.165) is 0 Å². The van der Waals surface area contributed by atoms with Crippen LogP contribution in [0.1, 0.15) is 12.8 Å². The van der Waals surface area contributed by atoms with Gasteiger partial charge in [-0.3, -0.25) is 4.79 Å². The van der Waals surface area contributed by atoms with Crippen molar-refractivity contribution in [3.8, 4) is 0 Å². The molecule has 0 spiro atoms. The second-order valence-electron chi connectivity index (χ2n) is 5.20. The molecule has 0 N–H and O–H groups in total. The van der Waals surface area contributed by atoms with Gasteiger partial charge in [0.15, 0.2) is 5.78 Å². The molecule has 0 radical (unpaired) electrons. The molecule has 5 nitrogen and oxygen atoms in total. The van der Waals surface area contributed by atoms with E-state index in [1.54, 1.807) is 13.2 Å². The lowest BCUT2D eigenvalue weighted by Crippen LogP contribution is -2.45. The number of ketones is 1. The molecule has 1 aliphatic carbocycles. The molecule has 0 aromatic rings. The number of methoxy groups -OCH3 is 1. The van der Waals surface area contributed by atoms with Gasteiger partial charge in [0.25, 0.3) is 0 Å². The summed E-state index contributed by atoms with van der Waals surface area (Å²) in [5, 5.41) is 0. The van der Waals surface area contributed by atoms with E-state index in [9.17, 15) is 9.35 Å². The van der Waals surface area contributed by atoms with Crippen LogP contribution in [0.15, 0.2) is 23.8 Å². The van der Waals surface area contributed by atoms with Crippen LogP contribution in [0, 0.1) is 0 Å². The fraction of sp³-hybridized carbons (Fsp3) is 0.643. The maximum absolute atomic E-state index is 11.9. The van der Waals surface area contributed by atoms with Gasteiger partial charge in [0, 0.05) is 25.5 Å². The molecular formula is C14H18O5S. The van der Waals surface area contributed by atoms with Gasteiger partial charge in [-0.2, -0.15) is 0 Å². The molecule has 0 aromatic carbocycles. The van der Waals surface area contributed by atoms with Crippen molar-refractivity contribution in [2.75, 3.05) is 19.5 Å². The molecule has 6 heteroatoms. The molecule has 2 saturated heterocycles. The Morgan fingerprint density at radius 3 is 3.10 bits per heavy atom. The molecule has 0 saturated carbocycles. The number of hydrogen-bond acceptors (Lipinski definition) is 5. The van der Waals surface area contributed by atoms with Gasteiger partial charge in [0.1, 0.15) is 18.0 Å². The second kappa shape index (κ2) is 5.99. The number of ether oxygens (including phenoxy) is 3. The molecule has 3 aliphatic rings. The van der Waals surface area contributed by atoms with E-state index in [4.69, 9.17) is 14.2 Å². The maximum Gasteiger partial charge on any atom is 0.242 e. The molecule has 110 valence electrons. The van der Waals surface area contributed by atoms with Crippen LogP contribution < -0.4 is 0 Å². The summed E-state index contributed by atoms with van der Waals surface area (Å²) in [5.74, 6) is 0.586. The Hall–Kier alpha value is -0.660. The molecular weight excluding hydrogens is 280 g/mol. The summed E-state index contributed by atoms with van der Waals surface area (Å²) in [4.78, 5) is 11.7. The molecule has 3 rings (SSSR count). The number of fused-ring (bicyclic) bond motifs is 2. The lowest BCUT2D eigenvalue weighted by Gasteiger charge is -2.31. The molecule has 5 atom stereocenters. The van der Waals surface area contributed by atoms with E-state index >= 15 is 0 Å². The van der Waals surface area contributed by atoms with Gasteiger partial charge in [0.2, 0.25) is 5.44 Å². The first kappa shape index (κ1) is 14.3. The van der Waals surface area contributed by atoms with Crippen molar-refractivity contribution in [1.29, 1.82) is 0 Å². The van der Waals surface area contributed by atoms with Crippen LogP contribution in [-0.4, -0.2) is 53.6 Å². The summed E-state index contributed by atoms with van der Waals surface area (Å²) in [5.41, 5.74) is 0.353. The normalized spacial score (nSPS) is 40.0. The molecule has 2 unspecified atom stereocenters. The second-order valence-corrected chi connectivity index (χ2v) is 6.76. The first-order chi connectivity index (χ1) is 9.69. The summed E-state index contributed by atoms with van der Waals surface area (Å²) in [6.07, 6.45) is 6.08. The van der Waals surface area contributed by atoms with Gasteiger partial charge in [0.05, 0.1) is 12.7 Å². The molecule has 2 heterocycles. The van der Waals surface area contributed by atoms with Crippen LogP contribution in [0.3, 0.4) is 0 Å². The molecule has 2 aliphatic heterocycles. The van der Waals surface area contributed by atoms with Gasteiger partial charge in [-0.1, -0.05) is 18.2 Å². The lowest BCUT2D eigenvalue weighted by atomic mass is 10.0. The van der Waals surface area contributed by atoms with Crippen molar-refractivity contribution in [3.63, 3.8) is 0 Å². The first-order valence-electron chi connectivity index (χ1n) is 6.75. The van der Waals surface area contributed by atoms with Crippen LogP contribution in [0.4, 0.5) is 0 Å². The Bertz CT molecular complexity index is 447. The third-order valence-electron chi connectivity index (χ3n) is 3.93. The lowest BCUT2D eigenvalue weighted by molar-refractivity contribution is -0.146. The van der Waals surface area contributed by atoms with Gasteiger partial charge < -0.3 is 18.8 Å². The van der Waals surface area contributed by atoms with Crippen molar-refractivity contribution in [3.05, 3.63) is 23.8 Å². The number of carbonyl (C=O) groups excluding carboxylic acids is 1. The quantitative estimate of drug-likeness (QED) is 0.715. The third kappa shape index (κ3) is 2.71. The molecule has 2 bridgehead atoms.